The fourth-order valence-electron chi connectivity index (χ4n) is 2.81. The molecule has 1 aliphatic carbocycles. The Morgan fingerprint density at radius 1 is 1.30 bits per heavy atom. The van der Waals surface area contributed by atoms with Gasteiger partial charge in [-0.1, -0.05) is 44.2 Å². The minimum Gasteiger partial charge on any atom is -0.352 e. The van der Waals surface area contributed by atoms with Crippen molar-refractivity contribution in [2.45, 2.75) is 58.0 Å². The Hall–Kier alpha value is -1.35. The second kappa shape index (κ2) is 6.40. The topological polar surface area (TPSA) is 55.1 Å². The standard InChI is InChI=1S/C17H26N2O/c1-17(2)10-8-14(9-11-17)19-16(20)15(18)12-13-6-4-3-5-7-13/h3-7,14-15H,8-12,18H2,1-2H3,(H,19,20)/t15-/m0/s1. The molecule has 3 N–H and O–H groups in total. The van der Waals surface area contributed by atoms with Crippen LogP contribution in [-0.2, 0) is 11.2 Å². The summed E-state index contributed by atoms with van der Waals surface area (Å²) in [7, 11) is 0. The summed E-state index contributed by atoms with van der Waals surface area (Å²) in [4.78, 5) is 12.1. The van der Waals surface area contributed by atoms with Crippen molar-refractivity contribution in [2.24, 2.45) is 11.1 Å². The molecule has 0 aliphatic heterocycles. The second-order valence-electron chi connectivity index (χ2n) is 6.74. The molecule has 20 heavy (non-hydrogen) atoms. The van der Waals surface area contributed by atoms with Gasteiger partial charge in [0.1, 0.15) is 0 Å². The first-order chi connectivity index (χ1) is 9.46. The lowest BCUT2D eigenvalue weighted by Gasteiger charge is -2.35. The molecule has 3 heteroatoms. The van der Waals surface area contributed by atoms with Gasteiger partial charge in [0.25, 0.3) is 0 Å². The summed E-state index contributed by atoms with van der Waals surface area (Å²) in [6.07, 6.45) is 5.08. The van der Waals surface area contributed by atoms with Crippen molar-refractivity contribution in [3.8, 4) is 0 Å². The lowest BCUT2D eigenvalue weighted by molar-refractivity contribution is -0.123. The van der Waals surface area contributed by atoms with Crippen LogP contribution in [0.1, 0.15) is 45.1 Å². The molecule has 0 spiro atoms. The molecule has 0 bridgehead atoms. The number of nitrogens with two attached hydrogens (primary N) is 1. The summed E-state index contributed by atoms with van der Waals surface area (Å²) < 4.78 is 0. The number of carbonyl (C=O) groups excluding carboxylic acids is 1. The highest BCUT2D eigenvalue weighted by Crippen LogP contribution is 2.34. The molecule has 1 saturated carbocycles. The van der Waals surface area contributed by atoms with Crippen LogP contribution in [-0.4, -0.2) is 18.0 Å². The largest absolute Gasteiger partial charge is 0.352 e. The predicted molar refractivity (Wildman–Crippen MR) is 82.3 cm³/mol. The van der Waals surface area contributed by atoms with Crippen molar-refractivity contribution in [3.63, 3.8) is 0 Å². The molecule has 1 aromatic rings. The molecular weight excluding hydrogens is 248 g/mol. The third-order valence-corrected chi connectivity index (χ3v) is 4.32. The predicted octanol–water partition coefficient (Wildman–Crippen LogP) is 2.64. The fraction of sp³-hybridized carbons (Fsp3) is 0.588. The highest BCUT2D eigenvalue weighted by atomic mass is 16.2. The maximum atomic E-state index is 12.1. The van der Waals surface area contributed by atoms with Gasteiger partial charge < -0.3 is 11.1 Å². The molecule has 0 unspecified atom stereocenters. The van der Waals surface area contributed by atoms with Gasteiger partial charge in [-0.05, 0) is 43.1 Å². The highest BCUT2D eigenvalue weighted by Gasteiger charge is 2.28. The van der Waals surface area contributed by atoms with Crippen molar-refractivity contribution in [2.75, 3.05) is 0 Å². The van der Waals surface area contributed by atoms with Gasteiger partial charge in [-0.2, -0.15) is 0 Å². The number of rotatable bonds is 4. The van der Waals surface area contributed by atoms with E-state index < -0.39 is 6.04 Å². The molecule has 0 radical (unpaired) electrons. The Morgan fingerprint density at radius 3 is 2.50 bits per heavy atom. The molecule has 110 valence electrons. The molecule has 1 aromatic carbocycles. The van der Waals surface area contributed by atoms with Gasteiger partial charge in [-0.3, -0.25) is 4.79 Å². The summed E-state index contributed by atoms with van der Waals surface area (Å²) in [5.74, 6) is -0.0152. The number of amides is 1. The molecule has 1 aliphatic rings. The van der Waals surface area contributed by atoms with Crippen LogP contribution in [0.4, 0.5) is 0 Å². The number of nitrogens with one attached hydrogen (secondary N) is 1. The van der Waals surface area contributed by atoms with E-state index in [2.05, 4.69) is 19.2 Å². The van der Waals surface area contributed by atoms with Gasteiger partial charge in [0.15, 0.2) is 0 Å². The lowest BCUT2D eigenvalue weighted by atomic mass is 9.75. The first-order valence-electron chi connectivity index (χ1n) is 7.56. The van der Waals surface area contributed by atoms with E-state index in [4.69, 9.17) is 5.73 Å². The van der Waals surface area contributed by atoms with E-state index in [1.165, 1.54) is 12.8 Å². The Kier molecular flexibility index (Phi) is 4.81. The second-order valence-corrected chi connectivity index (χ2v) is 6.74. The van der Waals surface area contributed by atoms with Crippen molar-refractivity contribution < 1.29 is 4.79 Å². The van der Waals surface area contributed by atoms with Crippen molar-refractivity contribution in [1.29, 1.82) is 0 Å². The van der Waals surface area contributed by atoms with Gasteiger partial charge >= 0.3 is 0 Å². The number of hydrogen-bond acceptors (Lipinski definition) is 2. The average Bonchev–Trinajstić information content (AvgIpc) is 2.42. The normalized spacial score (nSPS) is 20.4. The van der Waals surface area contributed by atoms with E-state index in [1.54, 1.807) is 0 Å². The molecule has 0 heterocycles. The Labute approximate surface area is 121 Å². The first-order valence-corrected chi connectivity index (χ1v) is 7.56. The number of benzene rings is 1. The molecule has 1 amide bonds. The summed E-state index contributed by atoms with van der Waals surface area (Å²) in [5, 5.41) is 3.11. The van der Waals surface area contributed by atoms with Crippen LogP contribution >= 0.6 is 0 Å². The van der Waals surface area contributed by atoms with E-state index in [0.29, 0.717) is 17.9 Å². The van der Waals surface area contributed by atoms with Crippen LogP contribution in [0.25, 0.3) is 0 Å². The zero-order valence-electron chi connectivity index (χ0n) is 12.6. The zero-order valence-corrected chi connectivity index (χ0v) is 12.6. The fourth-order valence-corrected chi connectivity index (χ4v) is 2.81. The number of carbonyl (C=O) groups is 1. The number of hydrogen-bond donors (Lipinski definition) is 2. The molecule has 0 aromatic heterocycles. The minimum absolute atomic E-state index is 0.0152. The average molecular weight is 274 g/mol. The highest BCUT2D eigenvalue weighted by molar-refractivity contribution is 5.82. The Morgan fingerprint density at radius 2 is 1.90 bits per heavy atom. The van der Waals surface area contributed by atoms with Gasteiger partial charge in [-0.15, -0.1) is 0 Å². The molecule has 1 fully saturated rings. The van der Waals surface area contributed by atoms with Crippen LogP contribution in [0.2, 0.25) is 0 Å². The van der Waals surface area contributed by atoms with Gasteiger partial charge in [0.05, 0.1) is 6.04 Å². The monoisotopic (exact) mass is 274 g/mol. The third-order valence-electron chi connectivity index (χ3n) is 4.32. The van der Waals surface area contributed by atoms with E-state index in [-0.39, 0.29) is 5.91 Å². The van der Waals surface area contributed by atoms with Crippen LogP contribution < -0.4 is 11.1 Å². The summed E-state index contributed by atoms with van der Waals surface area (Å²) in [5.41, 5.74) is 7.54. The zero-order chi connectivity index (χ0) is 14.6. The third kappa shape index (κ3) is 4.34. The smallest absolute Gasteiger partial charge is 0.237 e. The van der Waals surface area contributed by atoms with E-state index in [9.17, 15) is 4.79 Å². The maximum absolute atomic E-state index is 12.1. The van der Waals surface area contributed by atoms with Gasteiger partial charge in [0.2, 0.25) is 5.91 Å². The van der Waals surface area contributed by atoms with E-state index in [1.807, 2.05) is 30.3 Å². The molecule has 0 saturated heterocycles. The molecule has 3 nitrogen and oxygen atoms in total. The van der Waals surface area contributed by atoms with Crippen molar-refractivity contribution in [1.82, 2.24) is 5.32 Å². The van der Waals surface area contributed by atoms with Crippen LogP contribution in [0.3, 0.4) is 0 Å². The van der Waals surface area contributed by atoms with E-state index >= 15 is 0 Å². The molecular formula is C17H26N2O. The van der Waals surface area contributed by atoms with Crippen LogP contribution in [0.15, 0.2) is 30.3 Å². The van der Waals surface area contributed by atoms with Gasteiger partial charge in [0, 0.05) is 6.04 Å². The quantitative estimate of drug-likeness (QED) is 0.887. The lowest BCUT2D eigenvalue weighted by Crippen LogP contribution is -2.47. The summed E-state index contributed by atoms with van der Waals surface area (Å²) in [6, 6.07) is 9.79. The summed E-state index contributed by atoms with van der Waals surface area (Å²) >= 11 is 0. The summed E-state index contributed by atoms with van der Waals surface area (Å²) in [6.45, 7) is 4.60. The van der Waals surface area contributed by atoms with E-state index in [0.717, 1.165) is 18.4 Å². The Balaban J connectivity index is 1.80. The SMILES string of the molecule is CC1(C)CCC(NC(=O)[C@@H](N)Cc2ccccc2)CC1. The van der Waals surface area contributed by atoms with Crippen molar-refractivity contribution in [3.05, 3.63) is 35.9 Å². The molecule has 2 rings (SSSR count). The molecule has 1 atom stereocenters. The van der Waals surface area contributed by atoms with Crippen LogP contribution in [0.5, 0.6) is 0 Å². The Bertz CT molecular complexity index is 432. The minimum atomic E-state index is -0.452. The van der Waals surface area contributed by atoms with Gasteiger partial charge in [-0.25, -0.2) is 0 Å². The maximum Gasteiger partial charge on any atom is 0.237 e. The van der Waals surface area contributed by atoms with Crippen molar-refractivity contribution >= 4 is 5.91 Å². The van der Waals surface area contributed by atoms with Crippen LogP contribution in [0, 0.1) is 5.41 Å². The first kappa shape index (κ1) is 15.0.